The first-order valence-electron chi connectivity index (χ1n) is 15.2. The van der Waals surface area contributed by atoms with E-state index in [1.165, 1.54) is 28.1 Å². The van der Waals surface area contributed by atoms with E-state index in [1.807, 2.05) is 0 Å². The van der Waals surface area contributed by atoms with Crippen molar-refractivity contribution >= 4 is 11.4 Å². The predicted molar refractivity (Wildman–Crippen MR) is 170 cm³/mol. The summed E-state index contributed by atoms with van der Waals surface area (Å²) in [5, 5.41) is 0. The molecule has 0 amide bonds. The second-order valence-electron chi connectivity index (χ2n) is 10.1. The molecule has 0 heterocycles. The maximum atomic E-state index is 6.48. The molecular formula is C35H50N2O2. The summed E-state index contributed by atoms with van der Waals surface area (Å²) in [6.07, 6.45) is 4.30. The van der Waals surface area contributed by atoms with E-state index in [1.54, 1.807) is 0 Å². The van der Waals surface area contributed by atoms with Crippen molar-refractivity contribution in [1.29, 1.82) is 0 Å². The van der Waals surface area contributed by atoms with Gasteiger partial charge in [0.1, 0.15) is 11.5 Å². The van der Waals surface area contributed by atoms with Gasteiger partial charge in [0.05, 0.1) is 13.2 Å². The monoisotopic (exact) mass is 530 g/mol. The van der Waals surface area contributed by atoms with Gasteiger partial charge >= 0.3 is 0 Å². The maximum Gasteiger partial charge on any atom is 0.129 e. The van der Waals surface area contributed by atoms with Gasteiger partial charge in [-0.1, -0.05) is 44.9 Å². The van der Waals surface area contributed by atoms with Crippen molar-refractivity contribution in [3.63, 3.8) is 0 Å². The Morgan fingerprint density at radius 3 is 1.54 bits per heavy atom. The molecule has 0 aliphatic heterocycles. The molecule has 0 aliphatic carbocycles. The van der Waals surface area contributed by atoms with E-state index in [0.717, 1.165) is 87.7 Å². The highest BCUT2D eigenvalue weighted by Crippen LogP contribution is 2.44. The Balaban J connectivity index is 2.20. The summed E-state index contributed by atoms with van der Waals surface area (Å²) in [5.74, 6) is 1.91. The van der Waals surface area contributed by atoms with Crippen LogP contribution in [0.3, 0.4) is 0 Å². The Kier molecular flexibility index (Phi) is 12.0. The van der Waals surface area contributed by atoms with Crippen LogP contribution >= 0.6 is 0 Å². The molecule has 0 bridgehead atoms. The molecule has 0 N–H and O–H groups in total. The van der Waals surface area contributed by atoms with Crippen LogP contribution in [-0.2, 0) is 0 Å². The van der Waals surface area contributed by atoms with Crippen LogP contribution in [0.5, 0.6) is 11.5 Å². The molecule has 0 aromatic heterocycles. The van der Waals surface area contributed by atoms with Crippen LogP contribution in [-0.4, -0.2) is 39.4 Å². The molecule has 0 unspecified atom stereocenters. The third-order valence-electron chi connectivity index (χ3n) is 7.53. The van der Waals surface area contributed by atoms with Gasteiger partial charge in [0.15, 0.2) is 0 Å². The van der Waals surface area contributed by atoms with Gasteiger partial charge in [-0.25, -0.2) is 0 Å². The van der Waals surface area contributed by atoms with E-state index in [2.05, 4.69) is 113 Å². The summed E-state index contributed by atoms with van der Waals surface area (Å²) in [5.41, 5.74) is 8.31. The quantitative estimate of drug-likeness (QED) is 0.172. The Hall–Kier alpha value is -3.14. The van der Waals surface area contributed by atoms with E-state index in [9.17, 15) is 0 Å². The Morgan fingerprint density at radius 1 is 0.564 bits per heavy atom. The van der Waals surface area contributed by atoms with Crippen LogP contribution in [0.2, 0.25) is 0 Å². The molecule has 39 heavy (non-hydrogen) atoms. The number of anilines is 2. The topological polar surface area (TPSA) is 24.9 Å². The van der Waals surface area contributed by atoms with Crippen molar-refractivity contribution in [3.05, 3.63) is 60.2 Å². The predicted octanol–water partition coefficient (Wildman–Crippen LogP) is 9.38. The van der Waals surface area contributed by atoms with Gasteiger partial charge in [0, 0.05) is 60.8 Å². The molecule has 0 saturated carbocycles. The van der Waals surface area contributed by atoms with Crippen LogP contribution in [0.25, 0.3) is 22.3 Å². The standard InChI is InChI=1S/C35H50N2O2/c1-8-14-23-38-33-25-28(36(10-3)11-4)19-21-30(33)31-18-16-17-27(7)35(31)32-22-20-29(37(12-5)13-6)26-34(32)39-24-15-9-2/h16-22,25-26H,8-15,23-24H2,1-7H3. The van der Waals surface area contributed by atoms with Crippen molar-refractivity contribution in [3.8, 4) is 33.8 Å². The summed E-state index contributed by atoms with van der Waals surface area (Å²) in [6, 6.07) is 20.0. The van der Waals surface area contributed by atoms with Crippen molar-refractivity contribution in [1.82, 2.24) is 0 Å². The molecule has 4 nitrogen and oxygen atoms in total. The van der Waals surface area contributed by atoms with E-state index in [4.69, 9.17) is 9.47 Å². The maximum absolute atomic E-state index is 6.48. The van der Waals surface area contributed by atoms with Crippen LogP contribution in [0, 0.1) is 6.92 Å². The first-order valence-corrected chi connectivity index (χ1v) is 15.2. The van der Waals surface area contributed by atoms with Gasteiger partial charge in [0.25, 0.3) is 0 Å². The normalized spacial score (nSPS) is 10.9. The zero-order valence-corrected chi connectivity index (χ0v) is 25.5. The van der Waals surface area contributed by atoms with E-state index in [0.29, 0.717) is 0 Å². The highest BCUT2D eigenvalue weighted by molar-refractivity contribution is 5.91. The third kappa shape index (κ3) is 7.50. The summed E-state index contributed by atoms with van der Waals surface area (Å²) >= 11 is 0. The van der Waals surface area contributed by atoms with E-state index in [-0.39, 0.29) is 0 Å². The highest BCUT2D eigenvalue weighted by atomic mass is 16.5. The fourth-order valence-corrected chi connectivity index (χ4v) is 5.16. The molecule has 0 atom stereocenters. The summed E-state index contributed by atoms with van der Waals surface area (Å²) < 4.78 is 12.9. The Labute approximate surface area is 237 Å². The molecule has 0 fully saturated rings. The van der Waals surface area contributed by atoms with Crippen molar-refractivity contribution in [2.75, 3.05) is 49.2 Å². The highest BCUT2D eigenvalue weighted by Gasteiger charge is 2.20. The lowest BCUT2D eigenvalue weighted by Gasteiger charge is -2.25. The number of aryl methyl sites for hydroxylation is 1. The number of nitrogens with zero attached hydrogens (tertiary/aromatic N) is 2. The fraction of sp³-hybridized carbons (Fsp3) is 0.486. The molecule has 3 aromatic rings. The van der Waals surface area contributed by atoms with E-state index < -0.39 is 0 Å². The van der Waals surface area contributed by atoms with Gasteiger partial charge < -0.3 is 19.3 Å². The van der Waals surface area contributed by atoms with Gasteiger partial charge in [-0.15, -0.1) is 0 Å². The second-order valence-corrected chi connectivity index (χ2v) is 10.1. The molecule has 4 heteroatoms. The summed E-state index contributed by atoms with van der Waals surface area (Å²) in [7, 11) is 0. The van der Waals surface area contributed by atoms with Gasteiger partial charge in [-0.05, 0) is 88.4 Å². The molecule has 0 aliphatic rings. The lowest BCUT2D eigenvalue weighted by Crippen LogP contribution is -2.21. The number of unbranched alkanes of at least 4 members (excludes halogenated alkanes) is 2. The van der Waals surface area contributed by atoms with Gasteiger partial charge in [-0.3, -0.25) is 0 Å². The zero-order chi connectivity index (χ0) is 28.2. The largest absolute Gasteiger partial charge is 0.493 e. The molecule has 3 rings (SSSR count). The van der Waals surface area contributed by atoms with Gasteiger partial charge in [-0.2, -0.15) is 0 Å². The molecule has 3 aromatic carbocycles. The minimum absolute atomic E-state index is 0.719. The second kappa shape index (κ2) is 15.5. The Bertz CT molecular complexity index is 1170. The number of benzene rings is 3. The smallest absolute Gasteiger partial charge is 0.129 e. The molecular weight excluding hydrogens is 480 g/mol. The van der Waals surface area contributed by atoms with E-state index >= 15 is 0 Å². The molecule has 0 spiro atoms. The lowest BCUT2D eigenvalue weighted by atomic mass is 9.89. The van der Waals surface area contributed by atoms with Crippen LogP contribution in [0.1, 0.15) is 72.8 Å². The third-order valence-corrected chi connectivity index (χ3v) is 7.53. The molecule has 0 saturated heterocycles. The number of hydrogen-bond donors (Lipinski definition) is 0. The average molecular weight is 531 g/mol. The van der Waals surface area contributed by atoms with Gasteiger partial charge in [0.2, 0.25) is 0 Å². The molecule has 212 valence electrons. The molecule has 0 radical (unpaired) electrons. The minimum atomic E-state index is 0.719. The average Bonchev–Trinajstić information content (AvgIpc) is 2.95. The van der Waals surface area contributed by atoms with Crippen molar-refractivity contribution < 1.29 is 9.47 Å². The van der Waals surface area contributed by atoms with Crippen LogP contribution in [0.4, 0.5) is 11.4 Å². The number of hydrogen-bond acceptors (Lipinski definition) is 4. The van der Waals surface area contributed by atoms with Crippen LogP contribution in [0.15, 0.2) is 54.6 Å². The zero-order valence-electron chi connectivity index (χ0n) is 25.5. The summed E-state index contributed by atoms with van der Waals surface area (Å²) in [4.78, 5) is 4.75. The van der Waals surface area contributed by atoms with Crippen LogP contribution < -0.4 is 19.3 Å². The lowest BCUT2D eigenvalue weighted by molar-refractivity contribution is 0.310. The first kappa shape index (κ1) is 30.4. The fourth-order valence-electron chi connectivity index (χ4n) is 5.16. The van der Waals surface area contributed by atoms with Crippen molar-refractivity contribution in [2.24, 2.45) is 0 Å². The first-order chi connectivity index (χ1) is 19.0. The van der Waals surface area contributed by atoms with Crippen molar-refractivity contribution in [2.45, 2.75) is 74.1 Å². The number of rotatable bonds is 16. The SMILES string of the molecule is CCCCOc1cc(N(CC)CC)ccc1-c1cccc(C)c1-c1ccc(N(CC)CC)cc1OCCCC. The number of ether oxygens (including phenoxy) is 2. The Morgan fingerprint density at radius 2 is 1.05 bits per heavy atom. The minimum Gasteiger partial charge on any atom is -0.493 e. The summed E-state index contributed by atoms with van der Waals surface area (Å²) in [6.45, 7) is 20.7.